The number of rotatable bonds is 4. The van der Waals surface area contributed by atoms with Gasteiger partial charge in [0.05, 0.1) is 13.0 Å². The van der Waals surface area contributed by atoms with Crippen LogP contribution in [0.15, 0.2) is 48.5 Å². The number of fused-ring (bicyclic) bond motifs is 1. The molecule has 5 rings (SSSR count). The number of methoxy groups -OCH3 is 1. The molecule has 2 aliphatic rings. The Kier molecular flexibility index (Phi) is 5.86. The van der Waals surface area contributed by atoms with Crippen LogP contribution in [0, 0.1) is 19.8 Å². The number of pyridine rings is 1. The second kappa shape index (κ2) is 8.97. The molecule has 7 heteroatoms. The molecular formula is C27H30N4O3. The van der Waals surface area contributed by atoms with Gasteiger partial charge in [-0.3, -0.25) is 9.59 Å². The molecule has 0 bridgehead atoms. The van der Waals surface area contributed by atoms with Crippen LogP contribution in [0.1, 0.15) is 17.5 Å². The first-order chi connectivity index (χ1) is 16.4. The number of anilines is 2. The van der Waals surface area contributed by atoms with Crippen molar-refractivity contribution in [2.45, 2.75) is 20.3 Å². The lowest BCUT2D eigenvalue weighted by molar-refractivity contribution is -0.136. The fraction of sp³-hybridized carbons (Fsp3) is 0.370. The van der Waals surface area contributed by atoms with E-state index in [9.17, 15) is 9.59 Å². The van der Waals surface area contributed by atoms with Crippen molar-refractivity contribution in [2.24, 2.45) is 5.92 Å². The summed E-state index contributed by atoms with van der Waals surface area (Å²) >= 11 is 0. The van der Waals surface area contributed by atoms with Crippen molar-refractivity contribution >= 4 is 34.2 Å². The molecule has 7 nitrogen and oxygen atoms in total. The SMILES string of the molecule is COc1cccc2c(C)cc(N3CCN(C(=O)C4CC(=O)N(c5ccc(C)cc5)C4)CC3)nc12. The highest BCUT2D eigenvalue weighted by molar-refractivity contribution is 6.00. The van der Waals surface area contributed by atoms with Crippen LogP contribution in [-0.2, 0) is 9.59 Å². The van der Waals surface area contributed by atoms with Gasteiger partial charge in [0.25, 0.3) is 0 Å². The van der Waals surface area contributed by atoms with Crippen LogP contribution in [0.25, 0.3) is 10.9 Å². The van der Waals surface area contributed by atoms with Gasteiger partial charge in [0.15, 0.2) is 0 Å². The summed E-state index contributed by atoms with van der Waals surface area (Å²) < 4.78 is 5.52. The van der Waals surface area contributed by atoms with Gasteiger partial charge in [-0.15, -0.1) is 0 Å². The summed E-state index contributed by atoms with van der Waals surface area (Å²) in [4.78, 5) is 36.6. The number of ether oxygens (including phenoxy) is 1. The van der Waals surface area contributed by atoms with Gasteiger partial charge in [-0.1, -0.05) is 29.8 Å². The van der Waals surface area contributed by atoms with Gasteiger partial charge >= 0.3 is 0 Å². The van der Waals surface area contributed by atoms with Crippen LogP contribution >= 0.6 is 0 Å². The number of amides is 2. The normalized spacial score (nSPS) is 18.6. The number of carbonyl (C=O) groups excluding carboxylic acids is 2. The molecule has 1 atom stereocenters. The zero-order chi connectivity index (χ0) is 23.8. The highest BCUT2D eigenvalue weighted by Gasteiger charge is 2.38. The summed E-state index contributed by atoms with van der Waals surface area (Å²) in [5.41, 5.74) is 4.02. The number of benzene rings is 2. The van der Waals surface area contributed by atoms with Gasteiger partial charge in [0.2, 0.25) is 11.8 Å². The second-order valence-electron chi connectivity index (χ2n) is 9.21. The van der Waals surface area contributed by atoms with Gasteiger partial charge in [-0.05, 0) is 43.7 Å². The van der Waals surface area contributed by atoms with Crippen LogP contribution < -0.4 is 14.5 Å². The van der Waals surface area contributed by atoms with Crippen LogP contribution in [0.3, 0.4) is 0 Å². The van der Waals surface area contributed by atoms with Crippen molar-refractivity contribution in [3.63, 3.8) is 0 Å². The summed E-state index contributed by atoms with van der Waals surface area (Å²) in [6.45, 7) is 7.22. The monoisotopic (exact) mass is 458 g/mol. The van der Waals surface area contributed by atoms with Crippen molar-refractivity contribution in [1.82, 2.24) is 9.88 Å². The van der Waals surface area contributed by atoms with Gasteiger partial charge in [0.1, 0.15) is 17.1 Å². The van der Waals surface area contributed by atoms with E-state index in [1.807, 2.05) is 48.2 Å². The Morgan fingerprint density at radius 3 is 2.47 bits per heavy atom. The molecule has 3 heterocycles. The molecule has 0 radical (unpaired) electrons. The highest BCUT2D eigenvalue weighted by atomic mass is 16.5. The minimum absolute atomic E-state index is 0.0191. The van der Waals surface area contributed by atoms with Crippen molar-refractivity contribution in [3.05, 3.63) is 59.7 Å². The quantitative estimate of drug-likeness (QED) is 0.598. The van der Waals surface area contributed by atoms with Crippen LogP contribution in [0.5, 0.6) is 5.75 Å². The van der Waals surface area contributed by atoms with E-state index in [1.165, 1.54) is 0 Å². The highest BCUT2D eigenvalue weighted by Crippen LogP contribution is 2.30. The lowest BCUT2D eigenvalue weighted by atomic mass is 10.1. The fourth-order valence-electron chi connectivity index (χ4n) is 4.96. The zero-order valence-corrected chi connectivity index (χ0v) is 20.0. The van der Waals surface area contributed by atoms with Crippen molar-refractivity contribution in [1.29, 1.82) is 0 Å². The van der Waals surface area contributed by atoms with Crippen LogP contribution in [0.4, 0.5) is 11.5 Å². The van der Waals surface area contributed by atoms with E-state index in [0.29, 0.717) is 32.7 Å². The number of aromatic nitrogens is 1. The van der Waals surface area contributed by atoms with E-state index < -0.39 is 0 Å². The van der Waals surface area contributed by atoms with E-state index in [2.05, 4.69) is 24.0 Å². The van der Waals surface area contributed by atoms with E-state index in [4.69, 9.17) is 9.72 Å². The van der Waals surface area contributed by atoms with Gasteiger partial charge in [0, 0.05) is 50.2 Å². The third kappa shape index (κ3) is 4.06. The zero-order valence-electron chi connectivity index (χ0n) is 20.0. The smallest absolute Gasteiger partial charge is 0.228 e. The number of hydrogen-bond acceptors (Lipinski definition) is 5. The van der Waals surface area contributed by atoms with Crippen molar-refractivity contribution in [3.8, 4) is 5.75 Å². The molecule has 2 aromatic carbocycles. The molecule has 2 fully saturated rings. The summed E-state index contributed by atoms with van der Waals surface area (Å²) in [6.07, 6.45) is 0.276. The Balaban J connectivity index is 1.25. The average Bonchev–Trinajstić information content (AvgIpc) is 3.25. The van der Waals surface area contributed by atoms with Gasteiger partial charge < -0.3 is 19.4 Å². The molecular weight excluding hydrogens is 428 g/mol. The predicted octanol–water partition coefficient (Wildman–Crippen LogP) is 3.56. The third-order valence-corrected chi connectivity index (χ3v) is 6.95. The number of piperazine rings is 1. The topological polar surface area (TPSA) is 66.0 Å². The first-order valence-electron chi connectivity index (χ1n) is 11.8. The number of para-hydroxylation sites is 1. The minimum Gasteiger partial charge on any atom is -0.494 e. The summed E-state index contributed by atoms with van der Waals surface area (Å²) in [5, 5.41) is 1.08. The second-order valence-corrected chi connectivity index (χ2v) is 9.21. The average molecular weight is 459 g/mol. The maximum atomic E-state index is 13.2. The molecule has 3 aromatic rings. The Hall–Kier alpha value is -3.61. The Morgan fingerprint density at radius 2 is 1.76 bits per heavy atom. The maximum Gasteiger partial charge on any atom is 0.228 e. The molecule has 2 amide bonds. The first-order valence-corrected chi connectivity index (χ1v) is 11.8. The molecule has 0 aliphatic carbocycles. The van der Waals surface area contributed by atoms with E-state index >= 15 is 0 Å². The van der Waals surface area contributed by atoms with Gasteiger partial charge in [-0.2, -0.15) is 0 Å². The number of nitrogens with zero attached hydrogens (tertiary/aromatic N) is 4. The molecule has 0 spiro atoms. The van der Waals surface area contributed by atoms with E-state index in [0.717, 1.165) is 39.3 Å². The molecule has 2 saturated heterocycles. The minimum atomic E-state index is -0.286. The van der Waals surface area contributed by atoms with E-state index in [-0.39, 0.29) is 24.2 Å². The summed E-state index contributed by atoms with van der Waals surface area (Å²) in [6, 6.07) is 16.0. The van der Waals surface area contributed by atoms with Crippen LogP contribution in [-0.4, -0.2) is 61.5 Å². The largest absolute Gasteiger partial charge is 0.494 e. The number of aryl methyl sites for hydroxylation is 2. The molecule has 1 aromatic heterocycles. The van der Waals surface area contributed by atoms with Gasteiger partial charge in [-0.25, -0.2) is 4.98 Å². The first kappa shape index (κ1) is 22.2. The van der Waals surface area contributed by atoms with Crippen molar-refractivity contribution in [2.75, 3.05) is 49.6 Å². The Labute approximate surface area is 199 Å². The lowest BCUT2D eigenvalue weighted by Gasteiger charge is -2.36. The molecule has 1 unspecified atom stereocenters. The maximum absolute atomic E-state index is 13.2. The van der Waals surface area contributed by atoms with Crippen LogP contribution in [0.2, 0.25) is 0 Å². The molecule has 34 heavy (non-hydrogen) atoms. The lowest BCUT2D eigenvalue weighted by Crippen LogP contribution is -2.51. The molecule has 2 aliphatic heterocycles. The standard InChI is InChI=1S/C27H30N4O3/c1-18-7-9-21(10-8-18)31-17-20(16-25(31)32)27(33)30-13-11-29(12-14-30)24-15-19(2)22-5-4-6-23(34-3)26(22)28-24/h4-10,15,20H,11-14,16-17H2,1-3H3. The van der Waals surface area contributed by atoms with E-state index in [1.54, 1.807) is 12.0 Å². The predicted molar refractivity (Wildman–Crippen MR) is 133 cm³/mol. The Bertz CT molecular complexity index is 1230. The molecule has 0 saturated carbocycles. The number of carbonyl (C=O) groups is 2. The van der Waals surface area contributed by atoms with Crippen molar-refractivity contribution < 1.29 is 14.3 Å². The molecule has 176 valence electrons. The fourth-order valence-corrected chi connectivity index (χ4v) is 4.96. The summed E-state index contributed by atoms with van der Waals surface area (Å²) in [5.74, 6) is 1.48. The molecule has 0 N–H and O–H groups in total. The number of hydrogen-bond donors (Lipinski definition) is 0. The summed E-state index contributed by atoms with van der Waals surface area (Å²) in [7, 11) is 1.66. The Morgan fingerprint density at radius 1 is 1.03 bits per heavy atom. The third-order valence-electron chi connectivity index (χ3n) is 6.95.